The summed E-state index contributed by atoms with van der Waals surface area (Å²) in [7, 11) is -1.20. The second kappa shape index (κ2) is 7.35. The number of hydrogen-bond donors (Lipinski definition) is 0. The molecule has 0 spiro atoms. The van der Waals surface area contributed by atoms with E-state index >= 15 is 0 Å². The lowest BCUT2D eigenvalue weighted by Crippen LogP contribution is -2.36. The first-order valence-electron chi connectivity index (χ1n) is 7.19. The fourth-order valence-corrected chi connectivity index (χ4v) is 3.49. The number of aryl methyl sites for hydroxylation is 1. The van der Waals surface area contributed by atoms with Gasteiger partial charge in [0.05, 0.1) is 24.8 Å². The first-order valence-corrected chi connectivity index (χ1v) is 8.63. The van der Waals surface area contributed by atoms with Gasteiger partial charge < -0.3 is 9.47 Å². The van der Waals surface area contributed by atoms with Gasteiger partial charge in [0.25, 0.3) is 10.0 Å². The van der Waals surface area contributed by atoms with Crippen LogP contribution in [0, 0.1) is 6.92 Å². The van der Waals surface area contributed by atoms with Gasteiger partial charge in [0, 0.05) is 0 Å². The number of carbonyl (C=O) groups is 1. The van der Waals surface area contributed by atoms with Gasteiger partial charge in [0.2, 0.25) is 0 Å². The van der Waals surface area contributed by atoms with Crippen LogP contribution in [-0.4, -0.2) is 35.2 Å². The molecular weight excluding hydrogens is 330 g/mol. The monoisotopic (exact) mass is 349 g/mol. The lowest BCUT2D eigenvalue weighted by Gasteiger charge is -2.23. The fraction of sp³-hybridized carbons (Fsp3) is 0.235. The van der Waals surface area contributed by atoms with Crippen molar-refractivity contribution in [1.29, 1.82) is 0 Å². The number of sulfonamides is 1. The van der Waals surface area contributed by atoms with Gasteiger partial charge in [-0.1, -0.05) is 17.7 Å². The van der Waals surface area contributed by atoms with Crippen molar-refractivity contribution in [3.05, 3.63) is 54.1 Å². The average Bonchev–Trinajstić information content (AvgIpc) is 2.60. The molecule has 0 bridgehead atoms. The van der Waals surface area contributed by atoms with Crippen LogP contribution in [0.25, 0.3) is 0 Å². The van der Waals surface area contributed by atoms with Gasteiger partial charge in [-0.25, -0.2) is 8.42 Å². The largest absolute Gasteiger partial charge is 0.497 e. The highest BCUT2D eigenvalue weighted by Gasteiger charge is 2.27. The van der Waals surface area contributed by atoms with Crippen molar-refractivity contribution in [2.75, 3.05) is 25.1 Å². The van der Waals surface area contributed by atoms with Crippen molar-refractivity contribution in [1.82, 2.24) is 0 Å². The van der Waals surface area contributed by atoms with Crippen LogP contribution in [0.3, 0.4) is 0 Å². The average molecular weight is 349 g/mol. The molecule has 0 aliphatic carbocycles. The van der Waals surface area contributed by atoms with E-state index in [1.54, 1.807) is 36.4 Å². The van der Waals surface area contributed by atoms with E-state index in [0.29, 0.717) is 11.4 Å². The van der Waals surface area contributed by atoms with Crippen LogP contribution in [0.15, 0.2) is 53.4 Å². The third-order valence-corrected chi connectivity index (χ3v) is 5.26. The second-order valence-corrected chi connectivity index (χ2v) is 6.96. The van der Waals surface area contributed by atoms with Gasteiger partial charge >= 0.3 is 5.97 Å². The Hall–Kier alpha value is -2.54. The van der Waals surface area contributed by atoms with Crippen molar-refractivity contribution in [2.24, 2.45) is 0 Å². The van der Waals surface area contributed by atoms with E-state index in [9.17, 15) is 13.2 Å². The Kier molecular flexibility index (Phi) is 5.46. The third-order valence-electron chi connectivity index (χ3n) is 3.47. The highest BCUT2D eigenvalue weighted by molar-refractivity contribution is 7.92. The summed E-state index contributed by atoms with van der Waals surface area (Å²) in [5.41, 5.74) is 1.38. The second-order valence-electron chi connectivity index (χ2n) is 5.10. The minimum Gasteiger partial charge on any atom is -0.497 e. The van der Waals surface area contributed by atoms with Crippen LogP contribution in [0.1, 0.15) is 5.56 Å². The zero-order chi connectivity index (χ0) is 17.7. The molecule has 0 unspecified atom stereocenters. The molecule has 0 aliphatic rings. The molecule has 0 radical (unpaired) electrons. The highest BCUT2D eigenvalue weighted by Crippen LogP contribution is 2.25. The molecule has 7 heteroatoms. The molecule has 0 saturated carbocycles. The maximum Gasteiger partial charge on any atom is 0.326 e. The molecule has 0 amide bonds. The molecule has 6 nitrogen and oxygen atoms in total. The summed E-state index contributed by atoms with van der Waals surface area (Å²) >= 11 is 0. The molecule has 128 valence electrons. The van der Waals surface area contributed by atoms with E-state index in [1.807, 2.05) is 6.92 Å². The van der Waals surface area contributed by atoms with E-state index in [0.717, 1.165) is 9.87 Å². The maximum absolute atomic E-state index is 12.9. The molecule has 0 aromatic heterocycles. The Morgan fingerprint density at radius 1 is 1.00 bits per heavy atom. The summed E-state index contributed by atoms with van der Waals surface area (Å²) in [6, 6.07) is 12.8. The van der Waals surface area contributed by atoms with Crippen LogP contribution < -0.4 is 9.04 Å². The number of rotatable bonds is 6. The van der Waals surface area contributed by atoms with E-state index in [4.69, 9.17) is 4.74 Å². The van der Waals surface area contributed by atoms with E-state index in [1.165, 1.54) is 26.4 Å². The van der Waals surface area contributed by atoms with Gasteiger partial charge in [0.1, 0.15) is 12.3 Å². The predicted molar refractivity (Wildman–Crippen MR) is 90.7 cm³/mol. The minimum absolute atomic E-state index is 0.0628. The highest BCUT2D eigenvalue weighted by atomic mass is 32.2. The number of carbonyl (C=O) groups excluding carboxylic acids is 1. The Morgan fingerprint density at radius 3 is 2.08 bits per heavy atom. The molecule has 0 heterocycles. The van der Waals surface area contributed by atoms with Gasteiger partial charge in [-0.15, -0.1) is 0 Å². The van der Waals surface area contributed by atoms with E-state index < -0.39 is 22.5 Å². The SMILES string of the molecule is COC(=O)CN(c1ccc(C)cc1)S(=O)(=O)c1ccc(OC)cc1. The van der Waals surface area contributed by atoms with Gasteiger partial charge in [0.15, 0.2) is 0 Å². The first kappa shape index (κ1) is 17.8. The van der Waals surface area contributed by atoms with Crippen LogP contribution in [0.2, 0.25) is 0 Å². The third kappa shape index (κ3) is 3.86. The Bertz CT molecular complexity index is 798. The molecule has 0 atom stereocenters. The van der Waals surface area contributed by atoms with E-state index in [2.05, 4.69) is 4.74 Å². The summed E-state index contributed by atoms with van der Waals surface area (Å²) in [5.74, 6) is -0.100. The smallest absolute Gasteiger partial charge is 0.326 e. The minimum atomic E-state index is -3.92. The zero-order valence-electron chi connectivity index (χ0n) is 13.7. The number of esters is 1. The molecular formula is C17H19NO5S. The summed E-state index contributed by atoms with van der Waals surface area (Å²) < 4.78 is 36.6. The van der Waals surface area contributed by atoms with Gasteiger partial charge in [-0.3, -0.25) is 9.10 Å². The number of benzene rings is 2. The number of hydrogen-bond acceptors (Lipinski definition) is 5. The summed E-state index contributed by atoms with van der Waals surface area (Å²) in [6.45, 7) is 1.49. The normalized spacial score (nSPS) is 11.0. The zero-order valence-corrected chi connectivity index (χ0v) is 14.5. The summed E-state index contributed by atoms with van der Waals surface area (Å²) in [4.78, 5) is 11.8. The predicted octanol–water partition coefficient (Wildman–Crippen LogP) is 2.37. The molecule has 0 aliphatic heterocycles. The number of nitrogens with zero attached hydrogens (tertiary/aromatic N) is 1. The van der Waals surface area contributed by atoms with Crippen molar-refractivity contribution < 1.29 is 22.7 Å². The van der Waals surface area contributed by atoms with Crippen LogP contribution in [-0.2, 0) is 19.6 Å². The Balaban J connectivity index is 2.47. The van der Waals surface area contributed by atoms with Crippen molar-refractivity contribution in [3.63, 3.8) is 0 Å². The van der Waals surface area contributed by atoms with Crippen LogP contribution in [0.4, 0.5) is 5.69 Å². The molecule has 2 aromatic rings. The Labute approximate surface area is 141 Å². The number of anilines is 1. The number of ether oxygens (including phenoxy) is 2. The van der Waals surface area contributed by atoms with Crippen molar-refractivity contribution in [2.45, 2.75) is 11.8 Å². The van der Waals surface area contributed by atoms with Crippen molar-refractivity contribution >= 4 is 21.7 Å². The van der Waals surface area contributed by atoms with Gasteiger partial charge in [-0.05, 0) is 43.3 Å². The van der Waals surface area contributed by atoms with E-state index in [-0.39, 0.29) is 4.90 Å². The van der Waals surface area contributed by atoms with Crippen LogP contribution >= 0.6 is 0 Å². The summed E-state index contributed by atoms with van der Waals surface area (Å²) in [6.07, 6.45) is 0. The van der Waals surface area contributed by atoms with Crippen molar-refractivity contribution in [3.8, 4) is 5.75 Å². The fourth-order valence-electron chi connectivity index (χ4n) is 2.08. The molecule has 0 fully saturated rings. The van der Waals surface area contributed by atoms with Crippen LogP contribution in [0.5, 0.6) is 5.75 Å². The quantitative estimate of drug-likeness (QED) is 0.749. The number of methoxy groups -OCH3 is 2. The molecule has 2 aromatic carbocycles. The summed E-state index contributed by atoms with van der Waals surface area (Å²) in [5, 5.41) is 0. The molecule has 2 rings (SSSR count). The molecule has 0 saturated heterocycles. The topological polar surface area (TPSA) is 72.9 Å². The lowest BCUT2D eigenvalue weighted by molar-refractivity contribution is -0.138. The Morgan fingerprint density at radius 2 is 1.58 bits per heavy atom. The maximum atomic E-state index is 12.9. The molecule has 0 N–H and O–H groups in total. The standard InChI is InChI=1S/C17H19NO5S/c1-13-4-6-14(7-5-13)18(12-17(19)23-3)24(20,21)16-10-8-15(22-2)9-11-16/h4-11H,12H2,1-3H3. The molecule has 24 heavy (non-hydrogen) atoms. The van der Waals surface area contributed by atoms with Gasteiger partial charge in [-0.2, -0.15) is 0 Å². The lowest BCUT2D eigenvalue weighted by atomic mass is 10.2. The first-order chi connectivity index (χ1) is 11.4.